The van der Waals surface area contributed by atoms with Crippen molar-refractivity contribution in [2.24, 2.45) is 0 Å². The van der Waals surface area contributed by atoms with E-state index in [-0.39, 0.29) is 23.7 Å². The molecule has 350 valence electrons. The first-order valence-electron chi connectivity index (χ1n) is 26.0. The second-order valence-corrected chi connectivity index (χ2v) is 19.5. The Balaban J connectivity index is 1.45. The first kappa shape index (κ1) is 50.3. The lowest BCUT2D eigenvalue weighted by molar-refractivity contribution is 0.864. The van der Waals surface area contributed by atoms with E-state index in [0.717, 1.165) is 64.5 Å². The first-order chi connectivity index (χ1) is 31.8. The Morgan fingerprint density at radius 1 is 0.288 bits per heavy atom. The lowest BCUT2D eigenvalue weighted by Crippen LogP contribution is -2.20. The van der Waals surface area contributed by atoms with Gasteiger partial charge in [-0.05, 0) is 154 Å². The molecule has 6 rings (SSSR count). The number of hydrogen-bond donors (Lipinski definition) is 2. The molecule has 0 radical (unpaired) electrons. The summed E-state index contributed by atoms with van der Waals surface area (Å²) in [5, 5.41) is 8.33. The Labute approximate surface area is 402 Å². The molecule has 2 nitrogen and oxygen atoms in total. The Morgan fingerprint density at radius 3 is 0.636 bits per heavy atom. The summed E-state index contributed by atoms with van der Waals surface area (Å²) in [7, 11) is 0. The summed E-state index contributed by atoms with van der Waals surface area (Å²) in [4.78, 5) is 0. The molecule has 0 fully saturated rings. The fraction of sp³-hybridized carbons (Fsp3) is 0.438. The molecule has 0 saturated heterocycles. The highest BCUT2D eigenvalue weighted by atomic mass is 15.0. The van der Waals surface area contributed by atoms with E-state index in [1.165, 1.54) is 112 Å². The fourth-order valence-corrected chi connectivity index (χ4v) is 10.4. The van der Waals surface area contributed by atoms with Crippen LogP contribution in [0.3, 0.4) is 0 Å². The third kappa shape index (κ3) is 11.7. The van der Waals surface area contributed by atoms with Crippen LogP contribution in [-0.2, 0) is 51.4 Å². The van der Waals surface area contributed by atoms with Gasteiger partial charge in [0.25, 0.3) is 0 Å². The van der Waals surface area contributed by atoms with Gasteiger partial charge in [-0.2, -0.15) is 0 Å². The molecule has 0 aromatic heterocycles. The molecule has 0 amide bonds. The maximum atomic E-state index is 4.17. The summed E-state index contributed by atoms with van der Waals surface area (Å²) < 4.78 is 0. The van der Waals surface area contributed by atoms with Crippen molar-refractivity contribution in [3.05, 3.63) is 197 Å². The minimum absolute atomic E-state index is 0.229. The molecule has 2 heteroatoms. The smallest absolute Gasteiger partial charge is 0.0418 e. The third-order valence-electron chi connectivity index (χ3n) is 14.8. The number of rotatable bonds is 21. The van der Waals surface area contributed by atoms with Crippen LogP contribution in [-0.4, -0.2) is 13.1 Å². The molecular weight excluding hydrogens is 797 g/mol. The van der Waals surface area contributed by atoms with E-state index in [2.05, 4.69) is 205 Å². The molecular formula is C64H84N2. The topological polar surface area (TPSA) is 24.1 Å². The van der Waals surface area contributed by atoms with Crippen molar-refractivity contribution < 1.29 is 0 Å². The van der Waals surface area contributed by atoms with E-state index in [9.17, 15) is 0 Å². The van der Waals surface area contributed by atoms with Crippen LogP contribution < -0.4 is 10.6 Å². The van der Waals surface area contributed by atoms with Crippen LogP contribution in [0, 0.1) is 13.8 Å². The number of hydrogen-bond acceptors (Lipinski definition) is 2. The average molecular weight is 881 g/mol. The normalized spacial score (nSPS) is 13.4. The molecule has 4 atom stereocenters. The van der Waals surface area contributed by atoms with Crippen molar-refractivity contribution >= 4 is 11.4 Å². The average Bonchev–Trinajstić information content (AvgIpc) is 3.35. The summed E-state index contributed by atoms with van der Waals surface area (Å²) in [5.41, 5.74) is 27.8. The zero-order chi connectivity index (χ0) is 47.7. The molecule has 6 aromatic carbocycles. The van der Waals surface area contributed by atoms with E-state index in [4.69, 9.17) is 0 Å². The fourth-order valence-electron chi connectivity index (χ4n) is 10.4. The second-order valence-electron chi connectivity index (χ2n) is 19.5. The highest BCUT2D eigenvalue weighted by Gasteiger charge is 2.25. The SMILES string of the molecule is CCc1cc(CC)cc([C@@H](C)c2cc(C)cc([C@H](C)c3cc(CC)cc(CC)c3)c2NCCNc2c([C@H](C)c3cc(CC)cc(CC)c3)cc(C)cc2[C@H](C)c2cc(CC)cc(CC)c2)c1. The van der Waals surface area contributed by atoms with Gasteiger partial charge in [0.1, 0.15) is 0 Å². The van der Waals surface area contributed by atoms with Gasteiger partial charge < -0.3 is 10.6 Å². The number of nitrogens with one attached hydrogen (secondary N) is 2. The van der Waals surface area contributed by atoms with Gasteiger partial charge in [0.15, 0.2) is 0 Å². The molecule has 6 aromatic rings. The van der Waals surface area contributed by atoms with Gasteiger partial charge in [0, 0.05) is 48.1 Å². The molecule has 0 aliphatic carbocycles. The third-order valence-corrected chi connectivity index (χ3v) is 14.8. The number of benzene rings is 6. The molecule has 0 saturated carbocycles. The van der Waals surface area contributed by atoms with Gasteiger partial charge in [0.2, 0.25) is 0 Å². The molecule has 0 heterocycles. The van der Waals surface area contributed by atoms with Crippen molar-refractivity contribution in [1.29, 1.82) is 0 Å². The maximum Gasteiger partial charge on any atom is 0.0418 e. The first-order valence-corrected chi connectivity index (χ1v) is 26.0. The predicted octanol–water partition coefficient (Wildman–Crippen LogP) is 16.9. The van der Waals surface area contributed by atoms with Crippen molar-refractivity contribution in [3.8, 4) is 0 Å². The highest BCUT2D eigenvalue weighted by molar-refractivity contribution is 5.67. The van der Waals surface area contributed by atoms with Crippen LogP contribution in [0.25, 0.3) is 0 Å². The lowest BCUT2D eigenvalue weighted by Gasteiger charge is -2.28. The minimum atomic E-state index is 0.229. The van der Waals surface area contributed by atoms with Crippen LogP contribution in [0.5, 0.6) is 0 Å². The van der Waals surface area contributed by atoms with E-state index in [1.54, 1.807) is 0 Å². The van der Waals surface area contributed by atoms with E-state index < -0.39 is 0 Å². The largest absolute Gasteiger partial charge is 0.383 e. The summed E-state index contributed by atoms with van der Waals surface area (Å²) >= 11 is 0. The van der Waals surface area contributed by atoms with Gasteiger partial charge in [-0.15, -0.1) is 0 Å². The Morgan fingerprint density at radius 2 is 0.470 bits per heavy atom. The molecule has 2 N–H and O–H groups in total. The van der Waals surface area contributed by atoms with Gasteiger partial charge in [0.05, 0.1) is 0 Å². The summed E-state index contributed by atoms with van der Waals surface area (Å²) in [6, 6.07) is 39.1. The van der Waals surface area contributed by atoms with Gasteiger partial charge >= 0.3 is 0 Å². The predicted molar refractivity (Wildman–Crippen MR) is 290 cm³/mol. The van der Waals surface area contributed by atoms with Crippen LogP contribution in [0.2, 0.25) is 0 Å². The van der Waals surface area contributed by atoms with Crippen molar-refractivity contribution in [2.75, 3.05) is 23.7 Å². The van der Waals surface area contributed by atoms with Crippen molar-refractivity contribution in [2.45, 2.75) is 172 Å². The van der Waals surface area contributed by atoms with Crippen LogP contribution in [0.15, 0.2) is 97.1 Å². The zero-order valence-electron chi connectivity index (χ0n) is 43.6. The van der Waals surface area contributed by atoms with E-state index >= 15 is 0 Å². The van der Waals surface area contributed by atoms with Crippen LogP contribution in [0.1, 0.15) is 207 Å². The van der Waals surface area contributed by atoms with Crippen LogP contribution in [0.4, 0.5) is 11.4 Å². The quantitative estimate of drug-likeness (QED) is 0.0704. The van der Waals surface area contributed by atoms with Gasteiger partial charge in [-0.3, -0.25) is 0 Å². The summed E-state index contributed by atoms with van der Waals surface area (Å²) in [5.74, 6) is 0.915. The van der Waals surface area contributed by atoms with Gasteiger partial charge in [-0.25, -0.2) is 0 Å². The van der Waals surface area contributed by atoms with Crippen LogP contribution >= 0.6 is 0 Å². The molecule has 66 heavy (non-hydrogen) atoms. The Kier molecular flexibility index (Phi) is 17.6. The number of aryl methyl sites for hydroxylation is 10. The summed E-state index contributed by atoms with van der Waals surface area (Å²) in [6.07, 6.45) is 8.35. The maximum absolute atomic E-state index is 4.17. The second kappa shape index (κ2) is 23.1. The Bertz CT molecular complexity index is 2140. The molecule has 0 unspecified atom stereocenters. The number of anilines is 2. The van der Waals surface area contributed by atoms with E-state index in [0.29, 0.717) is 0 Å². The zero-order valence-corrected chi connectivity index (χ0v) is 43.6. The molecule has 0 spiro atoms. The monoisotopic (exact) mass is 881 g/mol. The molecule has 0 aliphatic heterocycles. The Hall–Kier alpha value is -5.08. The lowest BCUT2D eigenvalue weighted by atomic mass is 9.82. The standard InChI is InChI=1S/C64H84N2/c1-15-47-29-48(16-2)34-55(33-47)43(11)59-25-41(9)26-60(44(12)56-35-49(17-3)30-50(18-4)36-56)63(59)65-23-24-66-64-61(45(13)57-37-51(19-5)31-52(20-6)38-57)27-42(10)28-62(64)46(14)58-39-53(21-7)32-54(22-8)40-58/h25-40,43-46,65-66H,15-24H2,1-14H3/t43-,44-,45-,46-/m1/s1. The van der Waals surface area contributed by atoms with E-state index in [1.807, 2.05) is 0 Å². The molecule has 0 aliphatic rings. The van der Waals surface area contributed by atoms with Crippen molar-refractivity contribution in [1.82, 2.24) is 0 Å². The molecule has 0 bridgehead atoms. The minimum Gasteiger partial charge on any atom is -0.383 e. The van der Waals surface area contributed by atoms with Crippen molar-refractivity contribution in [3.63, 3.8) is 0 Å². The van der Waals surface area contributed by atoms with Gasteiger partial charge in [-0.1, -0.05) is 191 Å². The summed E-state index contributed by atoms with van der Waals surface area (Å²) in [6.45, 7) is 34.1. The highest BCUT2D eigenvalue weighted by Crippen LogP contribution is 2.42.